The topological polar surface area (TPSA) is 13.1 Å². The zero-order valence-electron chi connectivity index (χ0n) is 18.3. The molecular weight excluding hydrogens is 436 g/mol. The molecule has 0 bridgehead atoms. The Hall–Kier alpha value is -4.07. The number of fused-ring (bicyclic) bond motifs is 6. The predicted octanol–water partition coefficient (Wildman–Crippen LogP) is 9.88. The Balaban J connectivity index is 1.42. The lowest BCUT2D eigenvalue weighted by Crippen LogP contribution is -1.84. The summed E-state index contributed by atoms with van der Waals surface area (Å²) in [6.07, 6.45) is 0. The molecule has 1 aromatic heterocycles. The fourth-order valence-electron chi connectivity index (χ4n) is 5.06. The van der Waals surface area contributed by atoms with E-state index in [1.807, 2.05) is 18.2 Å². The van der Waals surface area contributed by atoms with Crippen LogP contribution in [0.15, 0.2) is 120 Å². The fraction of sp³-hybridized carbons (Fsp3) is 0. The van der Waals surface area contributed by atoms with Gasteiger partial charge in [-0.25, -0.2) is 0 Å². The molecule has 0 N–H and O–H groups in total. The lowest BCUT2D eigenvalue weighted by molar-refractivity contribution is 0.672. The van der Waals surface area contributed by atoms with Gasteiger partial charge in [-0.3, -0.25) is 0 Å². The van der Waals surface area contributed by atoms with Gasteiger partial charge in [0.1, 0.15) is 11.2 Å². The van der Waals surface area contributed by atoms with E-state index in [2.05, 4.69) is 97.1 Å². The molecule has 0 spiro atoms. The molecule has 160 valence electrons. The maximum atomic E-state index is 6.60. The molecule has 0 aliphatic heterocycles. The van der Waals surface area contributed by atoms with E-state index in [-0.39, 0.29) is 0 Å². The Kier molecular flexibility index (Phi) is 4.27. The highest BCUT2D eigenvalue weighted by atomic mass is 35.5. The minimum atomic E-state index is 0.712. The molecule has 7 rings (SSSR count). The fourth-order valence-corrected chi connectivity index (χ4v) is 5.32. The van der Waals surface area contributed by atoms with Crippen LogP contribution in [-0.2, 0) is 0 Å². The second-order valence-corrected chi connectivity index (χ2v) is 9.11. The monoisotopic (exact) mass is 454 g/mol. The van der Waals surface area contributed by atoms with Gasteiger partial charge in [-0.15, -0.1) is 0 Å². The molecule has 1 nitrogen and oxygen atoms in total. The Bertz CT molecular complexity index is 1860. The molecule has 6 aromatic carbocycles. The molecule has 0 saturated heterocycles. The number of rotatable bonds is 2. The van der Waals surface area contributed by atoms with Crippen LogP contribution in [0.2, 0.25) is 5.02 Å². The van der Waals surface area contributed by atoms with Gasteiger partial charge >= 0.3 is 0 Å². The lowest BCUT2D eigenvalue weighted by Gasteiger charge is -2.10. The number of hydrogen-bond acceptors (Lipinski definition) is 1. The summed E-state index contributed by atoms with van der Waals surface area (Å²) in [7, 11) is 0. The summed E-state index contributed by atoms with van der Waals surface area (Å²) in [5, 5.41) is 7.51. The third kappa shape index (κ3) is 2.95. The van der Waals surface area contributed by atoms with Gasteiger partial charge in [0.05, 0.1) is 5.02 Å². The minimum Gasteiger partial charge on any atom is -0.455 e. The van der Waals surface area contributed by atoms with Crippen molar-refractivity contribution in [2.45, 2.75) is 0 Å². The van der Waals surface area contributed by atoms with E-state index in [1.54, 1.807) is 0 Å². The highest BCUT2D eigenvalue weighted by Gasteiger charge is 2.16. The van der Waals surface area contributed by atoms with E-state index in [9.17, 15) is 0 Å². The van der Waals surface area contributed by atoms with Gasteiger partial charge in [-0.1, -0.05) is 103 Å². The number of furan rings is 1. The van der Waals surface area contributed by atoms with Crippen LogP contribution in [0, 0.1) is 0 Å². The standard InChI is InChI=1S/C32H19ClO/c33-29-10-5-11-30-31(29)28-19-27(25-8-3-4-9-26(25)32(28)34-30)22-15-12-21(13-16-22)24-17-14-20-6-1-2-7-23(20)18-24/h1-19H. The second kappa shape index (κ2) is 7.48. The number of hydrogen-bond donors (Lipinski definition) is 0. The van der Waals surface area contributed by atoms with Crippen molar-refractivity contribution >= 4 is 55.1 Å². The van der Waals surface area contributed by atoms with E-state index >= 15 is 0 Å². The van der Waals surface area contributed by atoms with Crippen molar-refractivity contribution < 1.29 is 4.42 Å². The summed E-state index contributed by atoms with van der Waals surface area (Å²) < 4.78 is 6.27. The zero-order chi connectivity index (χ0) is 22.6. The lowest BCUT2D eigenvalue weighted by atomic mass is 9.93. The number of halogens is 1. The van der Waals surface area contributed by atoms with Crippen LogP contribution in [0.1, 0.15) is 0 Å². The second-order valence-electron chi connectivity index (χ2n) is 8.70. The van der Waals surface area contributed by atoms with Crippen molar-refractivity contribution in [3.8, 4) is 22.3 Å². The molecule has 0 aliphatic rings. The molecule has 2 heteroatoms. The summed E-state index contributed by atoms with van der Waals surface area (Å²) in [6.45, 7) is 0. The van der Waals surface area contributed by atoms with Crippen molar-refractivity contribution in [2.75, 3.05) is 0 Å². The van der Waals surface area contributed by atoms with Crippen molar-refractivity contribution in [1.29, 1.82) is 0 Å². The number of benzene rings is 6. The summed E-state index contributed by atoms with van der Waals surface area (Å²) in [5.74, 6) is 0. The summed E-state index contributed by atoms with van der Waals surface area (Å²) in [6, 6.07) is 40.4. The summed E-state index contributed by atoms with van der Waals surface area (Å²) in [4.78, 5) is 0. The first-order chi connectivity index (χ1) is 16.8. The molecule has 34 heavy (non-hydrogen) atoms. The van der Waals surface area contributed by atoms with Crippen molar-refractivity contribution in [3.63, 3.8) is 0 Å². The molecule has 0 fully saturated rings. The zero-order valence-corrected chi connectivity index (χ0v) is 19.0. The third-order valence-electron chi connectivity index (χ3n) is 6.73. The predicted molar refractivity (Wildman–Crippen MR) is 145 cm³/mol. The summed E-state index contributed by atoms with van der Waals surface area (Å²) in [5.41, 5.74) is 6.47. The molecule has 0 atom stereocenters. The van der Waals surface area contributed by atoms with Crippen molar-refractivity contribution in [3.05, 3.63) is 120 Å². The molecule has 0 amide bonds. The van der Waals surface area contributed by atoms with Gasteiger partial charge < -0.3 is 4.42 Å². The summed E-state index contributed by atoms with van der Waals surface area (Å²) >= 11 is 6.60. The van der Waals surface area contributed by atoms with Crippen LogP contribution in [0.5, 0.6) is 0 Å². The smallest absolute Gasteiger partial charge is 0.143 e. The largest absolute Gasteiger partial charge is 0.455 e. The average molecular weight is 455 g/mol. The van der Waals surface area contributed by atoms with E-state index in [0.717, 1.165) is 27.3 Å². The van der Waals surface area contributed by atoms with Gasteiger partial charge in [0, 0.05) is 16.2 Å². The van der Waals surface area contributed by atoms with Crippen molar-refractivity contribution in [2.24, 2.45) is 0 Å². The van der Waals surface area contributed by atoms with Crippen LogP contribution in [0.25, 0.3) is 65.7 Å². The third-order valence-corrected chi connectivity index (χ3v) is 7.05. The van der Waals surface area contributed by atoms with Crippen LogP contribution in [-0.4, -0.2) is 0 Å². The Labute approximate surface area is 201 Å². The van der Waals surface area contributed by atoms with Crippen LogP contribution in [0.4, 0.5) is 0 Å². The highest BCUT2D eigenvalue weighted by molar-refractivity contribution is 6.38. The van der Waals surface area contributed by atoms with E-state index < -0.39 is 0 Å². The van der Waals surface area contributed by atoms with Gasteiger partial charge in [0.2, 0.25) is 0 Å². The van der Waals surface area contributed by atoms with Crippen molar-refractivity contribution in [1.82, 2.24) is 0 Å². The maximum Gasteiger partial charge on any atom is 0.143 e. The van der Waals surface area contributed by atoms with E-state index in [1.165, 1.54) is 38.4 Å². The van der Waals surface area contributed by atoms with Gasteiger partial charge in [-0.2, -0.15) is 0 Å². The van der Waals surface area contributed by atoms with Gasteiger partial charge in [0.25, 0.3) is 0 Å². The molecular formula is C32H19ClO. The normalized spacial score (nSPS) is 11.7. The molecule has 0 unspecified atom stereocenters. The van der Waals surface area contributed by atoms with E-state index in [0.29, 0.717) is 5.02 Å². The highest BCUT2D eigenvalue weighted by Crippen LogP contribution is 2.42. The van der Waals surface area contributed by atoms with E-state index in [4.69, 9.17) is 16.0 Å². The Morgan fingerprint density at radius 2 is 1.21 bits per heavy atom. The maximum absolute atomic E-state index is 6.60. The van der Waals surface area contributed by atoms with Crippen LogP contribution < -0.4 is 0 Å². The molecule has 0 aliphatic carbocycles. The Morgan fingerprint density at radius 3 is 2.06 bits per heavy atom. The first-order valence-corrected chi connectivity index (χ1v) is 11.8. The Morgan fingerprint density at radius 1 is 0.500 bits per heavy atom. The van der Waals surface area contributed by atoms with Crippen LogP contribution >= 0.6 is 11.6 Å². The van der Waals surface area contributed by atoms with Gasteiger partial charge in [0.15, 0.2) is 0 Å². The van der Waals surface area contributed by atoms with Gasteiger partial charge in [-0.05, 0) is 62.7 Å². The first kappa shape index (κ1) is 19.4. The quantitative estimate of drug-likeness (QED) is 0.253. The molecule has 1 heterocycles. The van der Waals surface area contributed by atoms with Crippen LogP contribution in [0.3, 0.4) is 0 Å². The first-order valence-electron chi connectivity index (χ1n) is 11.4. The SMILES string of the molecule is Clc1cccc2oc3c4ccccc4c(-c4ccc(-c5ccc6ccccc6c5)cc4)cc3c12. The average Bonchev–Trinajstić information content (AvgIpc) is 3.28. The molecule has 7 aromatic rings. The molecule has 0 saturated carbocycles. The minimum absolute atomic E-state index is 0.712. The molecule has 0 radical (unpaired) electrons.